The lowest BCUT2D eigenvalue weighted by Gasteiger charge is -2.21. The molecule has 0 saturated carbocycles. The molecule has 0 aliphatic carbocycles. The minimum absolute atomic E-state index is 0.0518. The molecule has 202 valence electrons. The topological polar surface area (TPSA) is 131 Å². The number of carbonyl (C=O) groups is 4. The maximum Gasteiger partial charge on any atom is 0.323 e. The molecule has 1 unspecified atom stereocenters. The third-order valence-electron chi connectivity index (χ3n) is 5.19. The van der Waals surface area contributed by atoms with Crippen LogP contribution in [-0.2, 0) is 35.1 Å². The second-order valence-electron chi connectivity index (χ2n) is 11.1. The molecule has 0 amide bonds. The van der Waals surface area contributed by atoms with Gasteiger partial charge in [-0.3, -0.25) is 19.2 Å². The number of carbonyl (C=O) groups excluding carboxylic acids is 4. The molecular formula is C27H41NO8. The molecule has 1 aromatic rings. The molecule has 3 atom stereocenters. The molecule has 36 heavy (non-hydrogen) atoms. The van der Waals surface area contributed by atoms with Gasteiger partial charge in [0.15, 0.2) is 11.5 Å². The van der Waals surface area contributed by atoms with E-state index in [1.807, 2.05) is 6.92 Å². The Balaban J connectivity index is 2.95. The molecule has 0 fully saturated rings. The zero-order chi connectivity index (χ0) is 27.8. The Bertz CT molecular complexity index is 942. The molecule has 0 spiro atoms. The molecule has 9 nitrogen and oxygen atoms in total. The summed E-state index contributed by atoms with van der Waals surface area (Å²) in [5, 5.41) is 0. The van der Waals surface area contributed by atoms with E-state index >= 15 is 0 Å². The molecule has 0 aliphatic heterocycles. The van der Waals surface area contributed by atoms with Gasteiger partial charge in [-0.1, -0.05) is 19.9 Å². The van der Waals surface area contributed by atoms with Gasteiger partial charge in [0.1, 0.15) is 18.8 Å². The third kappa shape index (κ3) is 9.97. The van der Waals surface area contributed by atoms with Crippen LogP contribution in [-0.4, -0.2) is 42.6 Å². The molecule has 0 aromatic heterocycles. The maximum atomic E-state index is 12.5. The van der Waals surface area contributed by atoms with Gasteiger partial charge < -0.3 is 24.7 Å². The molecule has 9 heteroatoms. The Hall–Kier alpha value is -2.94. The van der Waals surface area contributed by atoms with Crippen molar-refractivity contribution in [2.24, 2.45) is 22.5 Å². The van der Waals surface area contributed by atoms with Gasteiger partial charge in [0, 0.05) is 0 Å². The molecule has 0 saturated heterocycles. The van der Waals surface area contributed by atoms with Crippen LogP contribution >= 0.6 is 0 Å². The Morgan fingerprint density at radius 3 is 1.89 bits per heavy atom. The second-order valence-corrected chi connectivity index (χ2v) is 11.1. The fraction of sp³-hybridized carbons (Fsp3) is 0.630. The largest absolute Gasteiger partial charge is 0.462 e. The van der Waals surface area contributed by atoms with Gasteiger partial charge in [-0.05, 0) is 79.0 Å². The van der Waals surface area contributed by atoms with Crippen LogP contribution in [0, 0.1) is 16.7 Å². The lowest BCUT2D eigenvalue weighted by Crippen LogP contribution is -2.37. The van der Waals surface area contributed by atoms with Crippen LogP contribution in [0.1, 0.15) is 74.3 Å². The van der Waals surface area contributed by atoms with E-state index in [9.17, 15) is 19.2 Å². The Morgan fingerprint density at radius 1 is 0.861 bits per heavy atom. The highest BCUT2D eigenvalue weighted by Gasteiger charge is 2.29. The summed E-state index contributed by atoms with van der Waals surface area (Å²) >= 11 is 0. The van der Waals surface area contributed by atoms with Crippen molar-refractivity contribution < 1.29 is 38.1 Å². The zero-order valence-electron chi connectivity index (χ0n) is 22.9. The van der Waals surface area contributed by atoms with Gasteiger partial charge in [-0.15, -0.1) is 0 Å². The van der Waals surface area contributed by atoms with Crippen molar-refractivity contribution in [3.63, 3.8) is 0 Å². The third-order valence-corrected chi connectivity index (χ3v) is 5.19. The Kier molecular flexibility index (Phi) is 11.1. The number of nitrogens with two attached hydrogens (primary N) is 1. The molecule has 0 heterocycles. The lowest BCUT2D eigenvalue weighted by atomic mass is 9.97. The average molecular weight is 508 g/mol. The van der Waals surface area contributed by atoms with Crippen molar-refractivity contribution in [3.05, 3.63) is 23.8 Å². The first-order valence-corrected chi connectivity index (χ1v) is 12.2. The van der Waals surface area contributed by atoms with E-state index in [1.165, 1.54) is 12.1 Å². The van der Waals surface area contributed by atoms with E-state index in [0.717, 1.165) is 0 Å². The molecule has 1 aromatic carbocycles. The fourth-order valence-corrected chi connectivity index (χ4v) is 2.51. The Labute approximate surface area is 214 Å². The number of ether oxygens (including phenoxy) is 4. The SMILES string of the molecule is CCC(C)C(=O)OC[C@H](C)OC(=O)[C@@H](N)Cc1ccc(OC(=O)C(C)(C)C)c(OC(=O)C(C)(C)C)c1. The number of hydrogen-bond acceptors (Lipinski definition) is 9. The highest BCUT2D eigenvalue weighted by atomic mass is 16.6. The standard InChI is InChI=1S/C27H41NO8/c1-10-16(2)22(29)33-15-17(3)34-23(30)19(28)13-18-11-12-20(35-24(31)26(4,5)6)21(14-18)36-25(32)27(7,8)9/h11-12,14,16-17,19H,10,13,15,28H2,1-9H3/t16?,17-,19-/m0/s1. The van der Waals surface area contributed by atoms with Crippen LogP contribution in [0.2, 0.25) is 0 Å². The van der Waals surface area contributed by atoms with E-state index < -0.39 is 40.9 Å². The van der Waals surface area contributed by atoms with Gasteiger partial charge in [0.25, 0.3) is 0 Å². The first-order chi connectivity index (χ1) is 16.4. The number of benzene rings is 1. The molecule has 0 radical (unpaired) electrons. The van der Waals surface area contributed by atoms with Crippen molar-refractivity contribution >= 4 is 23.9 Å². The van der Waals surface area contributed by atoms with E-state index in [-0.39, 0.29) is 36.4 Å². The van der Waals surface area contributed by atoms with E-state index in [4.69, 9.17) is 24.7 Å². The summed E-state index contributed by atoms with van der Waals surface area (Å²) in [6.07, 6.45) is 0.0595. The van der Waals surface area contributed by atoms with Gasteiger partial charge in [0.2, 0.25) is 0 Å². The molecular weight excluding hydrogens is 466 g/mol. The van der Waals surface area contributed by atoms with Crippen LogP contribution in [0.5, 0.6) is 11.5 Å². The number of rotatable bonds is 10. The molecule has 0 aliphatic rings. The zero-order valence-corrected chi connectivity index (χ0v) is 22.9. The van der Waals surface area contributed by atoms with Crippen LogP contribution in [0.4, 0.5) is 0 Å². The second kappa shape index (κ2) is 12.9. The fourth-order valence-electron chi connectivity index (χ4n) is 2.51. The minimum Gasteiger partial charge on any atom is -0.462 e. The number of esters is 4. The summed E-state index contributed by atoms with van der Waals surface area (Å²) in [5.74, 6) is -2.13. The highest BCUT2D eigenvalue weighted by molar-refractivity contribution is 5.81. The smallest absolute Gasteiger partial charge is 0.323 e. The summed E-state index contributed by atoms with van der Waals surface area (Å²) in [6.45, 7) is 15.4. The average Bonchev–Trinajstić information content (AvgIpc) is 2.76. The van der Waals surface area contributed by atoms with Crippen molar-refractivity contribution in [2.45, 2.75) is 87.3 Å². The van der Waals surface area contributed by atoms with Gasteiger partial charge >= 0.3 is 23.9 Å². The van der Waals surface area contributed by atoms with E-state index in [1.54, 1.807) is 61.5 Å². The maximum absolute atomic E-state index is 12.5. The van der Waals surface area contributed by atoms with E-state index in [2.05, 4.69) is 0 Å². The number of hydrogen-bond donors (Lipinski definition) is 1. The van der Waals surface area contributed by atoms with Gasteiger partial charge in [0.05, 0.1) is 16.7 Å². The van der Waals surface area contributed by atoms with Gasteiger partial charge in [-0.2, -0.15) is 0 Å². The van der Waals surface area contributed by atoms with Crippen LogP contribution < -0.4 is 15.2 Å². The van der Waals surface area contributed by atoms with Crippen molar-refractivity contribution in [1.82, 2.24) is 0 Å². The first-order valence-electron chi connectivity index (χ1n) is 12.2. The predicted octanol–water partition coefficient (Wildman–Crippen LogP) is 3.98. The predicted molar refractivity (Wildman–Crippen MR) is 134 cm³/mol. The minimum atomic E-state index is -1.02. The quantitative estimate of drug-likeness (QED) is 0.369. The van der Waals surface area contributed by atoms with Gasteiger partial charge in [-0.25, -0.2) is 0 Å². The Morgan fingerprint density at radius 2 is 1.39 bits per heavy atom. The van der Waals surface area contributed by atoms with Crippen molar-refractivity contribution in [2.75, 3.05) is 6.61 Å². The van der Waals surface area contributed by atoms with Crippen LogP contribution in [0.3, 0.4) is 0 Å². The molecule has 2 N–H and O–H groups in total. The van der Waals surface area contributed by atoms with Crippen LogP contribution in [0.25, 0.3) is 0 Å². The summed E-state index contributed by atoms with van der Waals surface area (Å²) in [5.41, 5.74) is 5.05. The molecule has 1 rings (SSSR count). The lowest BCUT2D eigenvalue weighted by molar-refractivity contribution is -0.160. The highest BCUT2D eigenvalue weighted by Crippen LogP contribution is 2.33. The van der Waals surface area contributed by atoms with E-state index in [0.29, 0.717) is 12.0 Å². The summed E-state index contributed by atoms with van der Waals surface area (Å²) in [6, 6.07) is 3.62. The van der Waals surface area contributed by atoms with Crippen molar-refractivity contribution in [1.29, 1.82) is 0 Å². The summed E-state index contributed by atoms with van der Waals surface area (Å²) in [7, 11) is 0. The monoisotopic (exact) mass is 507 g/mol. The van der Waals surface area contributed by atoms with Crippen LogP contribution in [0.15, 0.2) is 18.2 Å². The first kappa shape index (κ1) is 31.1. The summed E-state index contributed by atoms with van der Waals surface area (Å²) in [4.78, 5) is 49.2. The normalized spacial score (nSPS) is 14.3. The van der Waals surface area contributed by atoms with Crippen molar-refractivity contribution in [3.8, 4) is 11.5 Å². The molecule has 0 bridgehead atoms. The summed E-state index contributed by atoms with van der Waals surface area (Å²) < 4.78 is 21.5.